The summed E-state index contributed by atoms with van der Waals surface area (Å²) in [5, 5.41) is 5.45. The van der Waals surface area contributed by atoms with Crippen molar-refractivity contribution in [1.82, 2.24) is 0 Å². The van der Waals surface area contributed by atoms with Gasteiger partial charge in [0.1, 0.15) is 0 Å². The fourth-order valence-electron chi connectivity index (χ4n) is 1.46. The minimum atomic E-state index is -0.283. The third-order valence-electron chi connectivity index (χ3n) is 2.34. The van der Waals surface area contributed by atoms with Gasteiger partial charge in [-0.15, -0.1) is 6.42 Å². The van der Waals surface area contributed by atoms with E-state index in [0.717, 1.165) is 11.3 Å². The van der Waals surface area contributed by atoms with E-state index in [1.165, 1.54) is 0 Å². The summed E-state index contributed by atoms with van der Waals surface area (Å²) in [4.78, 5) is 11.7. The summed E-state index contributed by atoms with van der Waals surface area (Å²) in [5.41, 5.74) is 2.22. The number of nitrogens with one attached hydrogen (secondary N) is 2. The van der Waals surface area contributed by atoms with Gasteiger partial charge in [-0.1, -0.05) is 24.1 Å². The first kappa shape index (κ1) is 11.7. The molecule has 3 nitrogen and oxygen atoms in total. The van der Waals surface area contributed by atoms with E-state index in [1.807, 2.05) is 30.3 Å². The number of urea groups is 1. The van der Waals surface area contributed by atoms with Gasteiger partial charge in [0, 0.05) is 16.9 Å². The molecule has 0 saturated carbocycles. The zero-order chi connectivity index (χ0) is 12.8. The summed E-state index contributed by atoms with van der Waals surface area (Å²) < 4.78 is 0. The minimum Gasteiger partial charge on any atom is -0.308 e. The fourth-order valence-corrected chi connectivity index (χ4v) is 1.46. The van der Waals surface area contributed by atoms with Crippen LogP contribution in [0, 0.1) is 12.3 Å². The highest BCUT2D eigenvalue weighted by Gasteiger charge is 2.01. The molecule has 2 N–H and O–H groups in total. The smallest absolute Gasteiger partial charge is 0.308 e. The molecule has 0 atom stereocenters. The number of para-hydroxylation sites is 1. The highest BCUT2D eigenvalue weighted by Crippen LogP contribution is 2.10. The van der Waals surface area contributed by atoms with Crippen molar-refractivity contribution in [3.8, 4) is 12.3 Å². The van der Waals surface area contributed by atoms with Crippen LogP contribution in [0.25, 0.3) is 0 Å². The predicted octanol–water partition coefficient (Wildman–Crippen LogP) is 3.31. The molecule has 2 aromatic rings. The molecule has 18 heavy (non-hydrogen) atoms. The van der Waals surface area contributed by atoms with Crippen molar-refractivity contribution < 1.29 is 4.79 Å². The Labute approximate surface area is 106 Å². The molecule has 0 aliphatic carbocycles. The molecule has 0 spiro atoms. The zero-order valence-electron chi connectivity index (χ0n) is 9.68. The second-order valence-electron chi connectivity index (χ2n) is 3.67. The third-order valence-corrected chi connectivity index (χ3v) is 2.34. The van der Waals surface area contributed by atoms with Crippen molar-refractivity contribution in [3.05, 3.63) is 60.2 Å². The van der Waals surface area contributed by atoms with E-state index in [1.54, 1.807) is 24.3 Å². The van der Waals surface area contributed by atoms with Gasteiger partial charge in [0.15, 0.2) is 0 Å². The van der Waals surface area contributed by atoms with Crippen LogP contribution in [0.3, 0.4) is 0 Å². The average Bonchev–Trinajstić information content (AvgIpc) is 2.40. The Bertz CT molecular complexity index is 568. The van der Waals surface area contributed by atoms with E-state index in [4.69, 9.17) is 6.42 Å². The maximum Gasteiger partial charge on any atom is 0.323 e. The number of anilines is 2. The number of terminal acetylenes is 1. The summed E-state index contributed by atoms with van der Waals surface area (Å²) in [5.74, 6) is 2.52. The number of hydrogen-bond acceptors (Lipinski definition) is 1. The van der Waals surface area contributed by atoms with Gasteiger partial charge in [-0.3, -0.25) is 0 Å². The summed E-state index contributed by atoms with van der Waals surface area (Å²) in [6.07, 6.45) is 5.25. The van der Waals surface area contributed by atoms with Crippen molar-refractivity contribution >= 4 is 17.4 Å². The topological polar surface area (TPSA) is 41.1 Å². The first-order valence-electron chi connectivity index (χ1n) is 5.47. The molecule has 0 heterocycles. The van der Waals surface area contributed by atoms with Gasteiger partial charge in [0.05, 0.1) is 0 Å². The largest absolute Gasteiger partial charge is 0.323 e. The Morgan fingerprint density at radius 2 is 1.44 bits per heavy atom. The molecule has 0 unspecified atom stereocenters. The molecule has 0 aliphatic heterocycles. The van der Waals surface area contributed by atoms with Crippen molar-refractivity contribution in [2.24, 2.45) is 0 Å². The van der Waals surface area contributed by atoms with Crippen molar-refractivity contribution in [1.29, 1.82) is 0 Å². The van der Waals surface area contributed by atoms with Crippen LogP contribution in [-0.4, -0.2) is 6.03 Å². The number of benzene rings is 2. The molecule has 0 aromatic heterocycles. The molecule has 2 aromatic carbocycles. The van der Waals surface area contributed by atoms with Gasteiger partial charge in [0.2, 0.25) is 0 Å². The van der Waals surface area contributed by atoms with Gasteiger partial charge < -0.3 is 10.6 Å². The molecule has 88 valence electrons. The van der Waals surface area contributed by atoms with Crippen LogP contribution in [0.2, 0.25) is 0 Å². The van der Waals surface area contributed by atoms with E-state index in [0.29, 0.717) is 5.69 Å². The highest BCUT2D eigenvalue weighted by atomic mass is 16.2. The number of hydrogen-bond donors (Lipinski definition) is 2. The van der Waals surface area contributed by atoms with Crippen LogP contribution < -0.4 is 10.6 Å². The molecular weight excluding hydrogens is 224 g/mol. The van der Waals surface area contributed by atoms with Gasteiger partial charge in [-0.25, -0.2) is 4.79 Å². The van der Waals surface area contributed by atoms with Crippen molar-refractivity contribution in [2.45, 2.75) is 0 Å². The molecule has 0 radical (unpaired) electrons. The van der Waals surface area contributed by atoms with E-state index >= 15 is 0 Å². The van der Waals surface area contributed by atoms with E-state index in [9.17, 15) is 4.79 Å². The van der Waals surface area contributed by atoms with Gasteiger partial charge in [-0.2, -0.15) is 0 Å². The second kappa shape index (κ2) is 5.55. The van der Waals surface area contributed by atoms with Crippen LogP contribution >= 0.6 is 0 Å². The van der Waals surface area contributed by atoms with Gasteiger partial charge >= 0.3 is 6.03 Å². The highest BCUT2D eigenvalue weighted by molar-refractivity contribution is 5.99. The Kier molecular flexibility index (Phi) is 3.62. The monoisotopic (exact) mass is 236 g/mol. The lowest BCUT2D eigenvalue weighted by Crippen LogP contribution is -2.19. The lowest BCUT2D eigenvalue weighted by molar-refractivity contribution is 0.262. The number of amides is 2. The normalized spacial score (nSPS) is 9.28. The minimum absolute atomic E-state index is 0.283. The lowest BCUT2D eigenvalue weighted by Gasteiger charge is -2.07. The number of carbonyl (C=O) groups excluding carboxylic acids is 1. The summed E-state index contributed by atoms with van der Waals surface area (Å²) in [6.45, 7) is 0. The molecule has 3 heteroatoms. The quantitative estimate of drug-likeness (QED) is 0.772. The number of carbonyl (C=O) groups is 1. The second-order valence-corrected chi connectivity index (χ2v) is 3.67. The van der Waals surface area contributed by atoms with Crippen LogP contribution in [0.1, 0.15) is 5.56 Å². The van der Waals surface area contributed by atoms with E-state index in [2.05, 4.69) is 16.6 Å². The van der Waals surface area contributed by atoms with Crippen LogP contribution in [0.4, 0.5) is 16.2 Å². The zero-order valence-corrected chi connectivity index (χ0v) is 9.68. The molecule has 2 amide bonds. The Morgan fingerprint density at radius 1 is 0.889 bits per heavy atom. The molecule has 0 saturated heterocycles. The first-order chi connectivity index (χ1) is 8.78. The molecule has 0 bridgehead atoms. The summed E-state index contributed by atoms with van der Waals surface area (Å²) in [7, 11) is 0. The fraction of sp³-hybridized carbons (Fsp3) is 0. The van der Waals surface area contributed by atoms with Crippen molar-refractivity contribution in [3.63, 3.8) is 0 Å². The van der Waals surface area contributed by atoms with E-state index in [-0.39, 0.29) is 6.03 Å². The van der Waals surface area contributed by atoms with Crippen LogP contribution in [0.15, 0.2) is 54.6 Å². The van der Waals surface area contributed by atoms with Gasteiger partial charge in [-0.05, 0) is 36.4 Å². The molecule has 0 fully saturated rings. The van der Waals surface area contributed by atoms with Crippen LogP contribution in [0.5, 0.6) is 0 Å². The Hall–Kier alpha value is -2.73. The van der Waals surface area contributed by atoms with Gasteiger partial charge in [0.25, 0.3) is 0 Å². The average molecular weight is 236 g/mol. The lowest BCUT2D eigenvalue weighted by atomic mass is 10.2. The maximum absolute atomic E-state index is 11.7. The van der Waals surface area contributed by atoms with Crippen LogP contribution in [-0.2, 0) is 0 Å². The Morgan fingerprint density at radius 3 is 2.00 bits per heavy atom. The standard InChI is InChI=1S/C15H12N2O/c1-2-12-8-10-14(11-9-12)17-15(18)16-13-6-4-3-5-7-13/h1,3-11H,(H2,16,17,18). The van der Waals surface area contributed by atoms with E-state index < -0.39 is 0 Å². The molecule has 2 rings (SSSR count). The summed E-state index contributed by atoms with van der Waals surface area (Å²) >= 11 is 0. The molecule has 0 aliphatic rings. The summed E-state index contributed by atoms with van der Waals surface area (Å²) in [6, 6.07) is 16.0. The first-order valence-corrected chi connectivity index (χ1v) is 5.47. The Balaban J connectivity index is 1.97. The number of rotatable bonds is 2. The molecular formula is C15H12N2O. The van der Waals surface area contributed by atoms with Crippen molar-refractivity contribution in [2.75, 3.05) is 10.6 Å². The SMILES string of the molecule is C#Cc1ccc(NC(=O)Nc2ccccc2)cc1. The predicted molar refractivity (Wildman–Crippen MR) is 73.5 cm³/mol. The maximum atomic E-state index is 11.7. The third kappa shape index (κ3) is 3.13.